The van der Waals surface area contributed by atoms with Gasteiger partial charge < -0.3 is 5.32 Å². The summed E-state index contributed by atoms with van der Waals surface area (Å²) < 4.78 is 0. The molecule has 1 amide bonds. The zero-order chi connectivity index (χ0) is 14.2. The van der Waals surface area contributed by atoms with Crippen LogP contribution in [0, 0.1) is 0 Å². The van der Waals surface area contributed by atoms with Crippen LogP contribution in [0.1, 0.15) is 44.1 Å². The lowest BCUT2D eigenvalue weighted by atomic mass is 10.0. The van der Waals surface area contributed by atoms with Crippen LogP contribution < -0.4 is 5.32 Å². The molecule has 1 aliphatic carbocycles. The van der Waals surface area contributed by atoms with Crippen LogP contribution >= 0.6 is 23.2 Å². The molecule has 1 fully saturated rings. The Morgan fingerprint density at radius 1 is 1.05 bits per heavy atom. The molecule has 0 bridgehead atoms. The summed E-state index contributed by atoms with van der Waals surface area (Å²) >= 11 is 11.9. The van der Waals surface area contributed by atoms with E-state index in [1.165, 1.54) is 12.8 Å². The summed E-state index contributed by atoms with van der Waals surface area (Å²) in [7, 11) is 0. The maximum Gasteiger partial charge on any atom is 0.272 e. The molecule has 1 aromatic carbocycles. The summed E-state index contributed by atoms with van der Waals surface area (Å²) in [4.78, 5) is 17.0. The van der Waals surface area contributed by atoms with Gasteiger partial charge in [-0.15, -0.1) is 0 Å². The molecule has 0 unspecified atom stereocenters. The summed E-state index contributed by atoms with van der Waals surface area (Å²) in [6, 6.07) is 5.20. The van der Waals surface area contributed by atoms with Crippen molar-refractivity contribution in [1.29, 1.82) is 0 Å². The molecule has 1 N–H and O–H groups in total. The number of hydrogen-bond acceptors (Lipinski definition) is 2. The Hall–Kier alpha value is -1.06. The second-order valence-corrected chi connectivity index (χ2v) is 6.30. The summed E-state index contributed by atoms with van der Waals surface area (Å²) in [5.74, 6) is -0.106. The first-order valence-corrected chi connectivity index (χ1v) is 7.73. The van der Waals surface area contributed by atoms with Gasteiger partial charge in [-0.25, -0.2) is 0 Å². The molecule has 1 heterocycles. The van der Waals surface area contributed by atoms with Crippen molar-refractivity contribution in [2.45, 2.75) is 44.2 Å². The van der Waals surface area contributed by atoms with Gasteiger partial charge in [-0.3, -0.25) is 9.79 Å². The van der Waals surface area contributed by atoms with Crippen LogP contribution in [-0.2, 0) is 4.79 Å². The lowest BCUT2D eigenvalue weighted by molar-refractivity contribution is -0.115. The van der Waals surface area contributed by atoms with E-state index in [-0.39, 0.29) is 5.91 Å². The molecule has 3 rings (SSSR count). The second kappa shape index (κ2) is 5.38. The highest BCUT2D eigenvalue weighted by Crippen LogP contribution is 2.33. The molecule has 2 aliphatic rings. The van der Waals surface area contributed by atoms with Crippen LogP contribution in [0.5, 0.6) is 0 Å². The minimum Gasteiger partial charge on any atom is -0.326 e. The number of hydrogen-bond donors (Lipinski definition) is 1. The molecule has 106 valence electrons. The van der Waals surface area contributed by atoms with Crippen molar-refractivity contribution in [2.75, 3.05) is 0 Å². The Labute approximate surface area is 128 Å². The van der Waals surface area contributed by atoms with Crippen molar-refractivity contribution < 1.29 is 4.79 Å². The molecular formula is C15H16Cl2N2O. The first-order valence-electron chi connectivity index (χ1n) is 6.97. The number of carbonyl (C=O) groups is 1. The number of carbonyl (C=O) groups excluding carboxylic acids is 1. The first kappa shape index (κ1) is 13.9. The Morgan fingerprint density at radius 3 is 2.40 bits per heavy atom. The van der Waals surface area contributed by atoms with Crippen molar-refractivity contribution in [3.8, 4) is 0 Å². The summed E-state index contributed by atoms with van der Waals surface area (Å²) in [6.45, 7) is 0. The van der Waals surface area contributed by atoms with E-state index in [1.807, 2.05) is 0 Å². The summed E-state index contributed by atoms with van der Waals surface area (Å²) in [5.41, 5.74) is 0.818. The Kier molecular flexibility index (Phi) is 3.74. The van der Waals surface area contributed by atoms with E-state index in [0.717, 1.165) is 31.2 Å². The van der Waals surface area contributed by atoms with Crippen LogP contribution in [0.2, 0.25) is 10.0 Å². The number of benzene rings is 1. The minimum absolute atomic E-state index is 0.106. The van der Waals surface area contributed by atoms with E-state index in [1.54, 1.807) is 18.2 Å². The van der Waals surface area contributed by atoms with Crippen molar-refractivity contribution in [1.82, 2.24) is 5.32 Å². The third-order valence-electron chi connectivity index (χ3n) is 4.01. The van der Waals surface area contributed by atoms with Gasteiger partial charge in [0.15, 0.2) is 0 Å². The Bertz CT molecular complexity index is 575. The highest BCUT2D eigenvalue weighted by Gasteiger charge is 2.39. The molecule has 3 nitrogen and oxygen atoms in total. The second-order valence-electron chi connectivity index (χ2n) is 5.49. The van der Waals surface area contributed by atoms with Crippen molar-refractivity contribution in [2.24, 2.45) is 4.99 Å². The van der Waals surface area contributed by atoms with Crippen LogP contribution in [0.4, 0.5) is 0 Å². The Morgan fingerprint density at radius 2 is 1.75 bits per heavy atom. The van der Waals surface area contributed by atoms with Gasteiger partial charge in [-0.2, -0.15) is 0 Å². The van der Waals surface area contributed by atoms with Gasteiger partial charge >= 0.3 is 0 Å². The molecule has 0 saturated heterocycles. The molecule has 1 spiro atoms. The van der Waals surface area contributed by atoms with Crippen LogP contribution in [0.15, 0.2) is 23.2 Å². The maximum atomic E-state index is 12.2. The molecule has 1 aromatic rings. The number of rotatable bonds is 1. The van der Waals surface area contributed by atoms with Gasteiger partial charge in [-0.05, 0) is 37.8 Å². The van der Waals surface area contributed by atoms with E-state index in [4.69, 9.17) is 28.2 Å². The van der Waals surface area contributed by atoms with Crippen LogP contribution in [0.3, 0.4) is 0 Å². The smallest absolute Gasteiger partial charge is 0.272 e. The van der Waals surface area contributed by atoms with E-state index in [0.29, 0.717) is 15.8 Å². The number of aliphatic imine (C=N–C) groups is 1. The molecule has 20 heavy (non-hydrogen) atoms. The van der Waals surface area contributed by atoms with E-state index in [9.17, 15) is 4.79 Å². The van der Waals surface area contributed by atoms with E-state index in [2.05, 4.69) is 5.32 Å². The monoisotopic (exact) mass is 310 g/mol. The van der Waals surface area contributed by atoms with Crippen molar-refractivity contribution in [3.05, 3.63) is 33.8 Å². The Balaban J connectivity index is 1.95. The SMILES string of the molecule is O=C1NC2(CCCCCC2)N=C1c1ccc(Cl)c(Cl)c1. The van der Waals surface area contributed by atoms with Gasteiger partial charge in [0.2, 0.25) is 0 Å². The summed E-state index contributed by atoms with van der Waals surface area (Å²) in [6.07, 6.45) is 6.49. The quantitative estimate of drug-likeness (QED) is 0.838. The molecule has 1 aliphatic heterocycles. The largest absolute Gasteiger partial charge is 0.326 e. The molecular weight excluding hydrogens is 295 g/mol. The van der Waals surface area contributed by atoms with Crippen molar-refractivity contribution >= 4 is 34.8 Å². The fourth-order valence-electron chi connectivity index (χ4n) is 2.95. The highest BCUT2D eigenvalue weighted by molar-refractivity contribution is 6.48. The first-order chi connectivity index (χ1) is 9.60. The third kappa shape index (κ3) is 2.57. The van der Waals surface area contributed by atoms with Gasteiger partial charge in [0.05, 0.1) is 10.0 Å². The molecule has 1 saturated carbocycles. The fraction of sp³-hybridized carbons (Fsp3) is 0.467. The zero-order valence-electron chi connectivity index (χ0n) is 11.1. The highest BCUT2D eigenvalue weighted by atomic mass is 35.5. The fourth-order valence-corrected chi connectivity index (χ4v) is 3.25. The average molecular weight is 311 g/mol. The minimum atomic E-state index is -0.394. The molecule has 0 radical (unpaired) electrons. The standard InChI is InChI=1S/C15H16Cl2N2O/c16-11-6-5-10(9-12(11)17)13-14(20)19-15(18-13)7-3-1-2-4-8-15/h5-6,9H,1-4,7-8H2,(H,19,20). The van der Waals surface area contributed by atoms with Crippen molar-refractivity contribution in [3.63, 3.8) is 0 Å². The van der Waals surface area contributed by atoms with E-state index >= 15 is 0 Å². The average Bonchev–Trinajstić information content (AvgIpc) is 2.59. The van der Waals surface area contributed by atoms with Gasteiger partial charge in [0.1, 0.15) is 11.4 Å². The summed E-state index contributed by atoms with van der Waals surface area (Å²) in [5, 5.41) is 4.00. The number of nitrogens with one attached hydrogen (secondary N) is 1. The molecule has 5 heteroatoms. The van der Waals surface area contributed by atoms with E-state index < -0.39 is 5.66 Å². The topological polar surface area (TPSA) is 41.5 Å². The third-order valence-corrected chi connectivity index (χ3v) is 4.75. The van der Waals surface area contributed by atoms with Gasteiger partial charge in [0.25, 0.3) is 5.91 Å². The van der Waals surface area contributed by atoms with Gasteiger partial charge in [0, 0.05) is 5.56 Å². The lowest BCUT2D eigenvalue weighted by Gasteiger charge is -2.24. The lowest BCUT2D eigenvalue weighted by Crippen LogP contribution is -2.42. The molecule has 0 atom stereocenters. The number of nitrogens with zero attached hydrogens (tertiary/aromatic N) is 1. The molecule has 0 aromatic heterocycles. The normalized spacial score (nSPS) is 21.5. The zero-order valence-corrected chi connectivity index (χ0v) is 12.6. The number of amides is 1. The van der Waals surface area contributed by atoms with Crippen LogP contribution in [-0.4, -0.2) is 17.3 Å². The van der Waals surface area contributed by atoms with Gasteiger partial charge in [-0.1, -0.05) is 42.1 Å². The predicted molar refractivity (Wildman–Crippen MR) is 81.6 cm³/mol. The number of halogens is 2. The maximum absolute atomic E-state index is 12.2. The predicted octanol–water partition coefficient (Wildman–Crippen LogP) is 3.96. The van der Waals surface area contributed by atoms with Crippen LogP contribution in [0.25, 0.3) is 0 Å².